The molecule has 8 nitrogen and oxygen atoms in total. The summed E-state index contributed by atoms with van der Waals surface area (Å²) in [6.45, 7) is 3.79. The number of carbonyl (C=O) groups is 2. The second kappa shape index (κ2) is 9.66. The molecule has 0 saturated carbocycles. The van der Waals surface area contributed by atoms with E-state index in [2.05, 4.69) is 10.3 Å². The van der Waals surface area contributed by atoms with Crippen LogP contribution in [0.25, 0.3) is 21.5 Å². The molecule has 4 aromatic rings. The fourth-order valence-electron chi connectivity index (χ4n) is 3.13. The van der Waals surface area contributed by atoms with Crippen molar-refractivity contribution in [1.29, 1.82) is 0 Å². The summed E-state index contributed by atoms with van der Waals surface area (Å²) in [6, 6.07) is 13.9. The van der Waals surface area contributed by atoms with Crippen LogP contribution in [0.15, 0.2) is 63.1 Å². The van der Waals surface area contributed by atoms with Gasteiger partial charge in [-0.15, -0.1) is 11.3 Å². The predicted molar refractivity (Wildman–Crippen MR) is 125 cm³/mol. The molecule has 33 heavy (non-hydrogen) atoms. The molecule has 168 valence electrons. The van der Waals surface area contributed by atoms with Gasteiger partial charge in [0.05, 0.1) is 6.61 Å². The Morgan fingerprint density at radius 3 is 2.64 bits per heavy atom. The number of carbonyl (C=O) groups excluding carboxylic acids is 2. The Bertz CT molecular complexity index is 1370. The highest BCUT2D eigenvalue weighted by molar-refractivity contribution is 7.13. The maximum atomic E-state index is 12.5. The van der Waals surface area contributed by atoms with Gasteiger partial charge in [0.25, 0.3) is 0 Å². The van der Waals surface area contributed by atoms with Crippen molar-refractivity contribution >= 4 is 40.1 Å². The summed E-state index contributed by atoms with van der Waals surface area (Å²) in [6.07, 6.45) is -0.613. The minimum atomic E-state index is -0.613. The van der Waals surface area contributed by atoms with Crippen molar-refractivity contribution in [3.05, 3.63) is 81.2 Å². The zero-order chi connectivity index (χ0) is 23.4. The molecule has 1 amide bonds. The number of ether oxygens (including phenoxy) is 2. The van der Waals surface area contributed by atoms with Gasteiger partial charge in [-0.3, -0.25) is 5.32 Å². The predicted octanol–water partition coefficient (Wildman–Crippen LogP) is 5.15. The van der Waals surface area contributed by atoms with Crippen molar-refractivity contribution in [3.8, 4) is 10.6 Å². The molecule has 1 N–H and O–H groups in total. The van der Waals surface area contributed by atoms with Crippen LogP contribution in [0, 0.1) is 6.92 Å². The Morgan fingerprint density at radius 2 is 1.88 bits per heavy atom. The van der Waals surface area contributed by atoms with E-state index < -0.39 is 17.7 Å². The van der Waals surface area contributed by atoms with Crippen LogP contribution in [0.5, 0.6) is 0 Å². The number of hydrogen-bond acceptors (Lipinski definition) is 8. The van der Waals surface area contributed by atoms with Gasteiger partial charge in [-0.1, -0.05) is 29.8 Å². The molecule has 0 unspecified atom stereocenters. The molecule has 2 aromatic carbocycles. The second-order valence-electron chi connectivity index (χ2n) is 7.13. The molecule has 0 spiro atoms. The molecule has 9 heteroatoms. The van der Waals surface area contributed by atoms with Crippen molar-refractivity contribution in [1.82, 2.24) is 4.98 Å². The number of nitrogens with zero attached hydrogens (tertiary/aromatic N) is 1. The summed E-state index contributed by atoms with van der Waals surface area (Å²) in [5.41, 5.74) is 2.79. The third kappa shape index (κ3) is 5.27. The van der Waals surface area contributed by atoms with E-state index in [4.69, 9.17) is 13.9 Å². The molecule has 0 aliphatic heterocycles. The maximum absolute atomic E-state index is 12.5. The van der Waals surface area contributed by atoms with E-state index >= 15 is 0 Å². The number of aromatic nitrogens is 1. The minimum Gasteiger partial charge on any atom is -0.456 e. The summed E-state index contributed by atoms with van der Waals surface area (Å²) in [5, 5.41) is 5.49. The molecule has 0 bridgehead atoms. The van der Waals surface area contributed by atoms with E-state index in [1.165, 1.54) is 23.5 Å². The van der Waals surface area contributed by atoms with Crippen LogP contribution in [0.1, 0.15) is 28.5 Å². The topological polar surface area (TPSA) is 108 Å². The Kier molecular flexibility index (Phi) is 6.50. The zero-order valence-electron chi connectivity index (χ0n) is 17.9. The number of rotatable bonds is 6. The van der Waals surface area contributed by atoms with Gasteiger partial charge < -0.3 is 13.9 Å². The SMILES string of the molecule is CCOC(=O)Nc1ccc2c(COC(=O)c3csc(-c4ccc(C)cc4)n3)cc(=O)oc2c1. The zero-order valence-corrected chi connectivity index (χ0v) is 18.7. The molecule has 4 rings (SSSR count). The Hall–Kier alpha value is -3.98. The van der Waals surface area contributed by atoms with Crippen molar-refractivity contribution in [2.24, 2.45) is 0 Å². The van der Waals surface area contributed by atoms with Crippen LogP contribution in [-0.4, -0.2) is 23.7 Å². The maximum Gasteiger partial charge on any atom is 0.411 e. The average molecular weight is 464 g/mol. The second-order valence-corrected chi connectivity index (χ2v) is 7.99. The van der Waals surface area contributed by atoms with Crippen LogP contribution < -0.4 is 10.9 Å². The van der Waals surface area contributed by atoms with Gasteiger partial charge in [-0.25, -0.2) is 19.4 Å². The van der Waals surface area contributed by atoms with Gasteiger partial charge in [0.2, 0.25) is 0 Å². The van der Waals surface area contributed by atoms with Crippen molar-refractivity contribution in [3.63, 3.8) is 0 Å². The van der Waals surface area contributed by atoms with Crippen LogP contribution in [0.3, 0.4) is 0 Å². The monoisotopic (exact) mass is 464 g/mol. The summed E-state index contributed by atoms with van der Waals surface area (Å²) in [4.78, 5) is 40.5. The fourth-order valence-corrected chi connectivity index (χ4v) is 3.92. The number of benzene rings is 2. The first kappa shape index (κ1) is 22.2. The summed E-state index contributed by atoms with van der Waals surface area (Å²) < 4.78 is 15.5. The quantitative estimate of drug-likeness (QED) is 0.310. The van der Waals surface area contributed by atoms with Crippen LogP contribution >= 0.6 is 11.3 Å². The molecular formula is C24H20N2O6S. The third-order valence-electron chi connectivity index (χ3n) is 4.72. The minimum absolute atomic E-state index is 0.136. The highest BCUT2D eigenvalue weighted by Gasteiger charge is 2.15. The first-order valence-electron chi connectivity index (χ1n) is 10.1. The summed E-state index contributed by atoms with van der Waals surface area (Å²) in [7, 11) is 0. The number of aryl methyl sites for hydroxylation is 1. The van der Waals surface area contributed by atoms with Crippen molar-refractivity contribution in [2.45, 2.75) is 20.5 Å². The highest BCUT2D eigenvalue weighted by atomic mass is 32.1. The lowest BCUT2D eigenvalue weighted by Gasteiger charge is -2.09. The standard InChI is InChI=1S/C24H20N2O6S/c1-3-30-24(29)25-17-8-9-18-16(10-21(27)32-20(18)11-17)12-31-23(28)19-13-33-22(26-19)15-6-4-14(2)5-7-15/h4-11,13H,3,12H2,1-2H3,(H,25,29). The van der Waals surface area contributed by atoms with Gasteiger partial charge in [0.15, 0.2) is 5.69 Å². The molecule has 0 aliphatic rings. The molecule has 0 atom stereocenters. The number of amides is 1. The molecule has 0 aliphatic carbocycles. The lowest BCUT2D eigenvalue weighted by atomic mass is 10.1. The number of fused-ring (bicyclic) bond motifs is 1. The first-order valence-corrected chi connectivity index (χ1v) is 11.0. The summed E-state index contributed by atoms with van der Waals surface area (Å²) in [5.74, 6) is -0.591. The van der Waals surface area contributed by atoms with Crippen LogP contribution in [0.2, 0.25) is 0 Å². The highest BCUT2D eigenvalue weighted by Crippen LogP contribution is 2.25. The molecule has 0 fully saturated rings. The third-order valence-corrected chi connectivity index (χ3v) is 5.61. The normalized spacial score (nSPS) is 10.7. The smallest absolute Gasteiger partial charge is 0.411 e. The van der Waals surface area contributed by atoms with Crippen LogP contribution in [-0.2, 0) is 16.1 Å². The average Bonchev–Trinajstić information content (AvgIpc) is 3.28. The van der Waals surface area contributed by atoms with Gasteiger partial charge >= 0.3 is 17.7 Å². The van der Waals surface area contributed by atoms with Crippen molar-refractivity contribution in [2.75, 3.05) is 11.9 Å². The molecular weight excluding hydrogens is 444 g/mol. The van der Waals surface area contributed by atoms with E-state index in [1.54, 1.807) is 24.4 Å². The first-order chi connectivity index (χ1) is 15.9. The number of hydrogen-bond donors (Lipinski definition) is 1. The van der Waals surface area contributed by atoms with Gasteiger partial charge in [-0.05, 0) is 26.0 Å². The van der Waals surface area contributed by atoms with Gasteiger partial charge in [0, 0.05) is 39.7 Å². The Morgan fingerprint density at radius 1 is 1.09 bits per heavy atom. The fraction of sp³-hybridized carbons (Fsp3) is 0.167. The van der Waals surface area contributed by atoms with Gasteiger partial charge in [0.1, 0.15) is 17.2 Å². The largest absolute Gasteiger partial charge is 0.456 e. The van der Waals surface area contributed by atoms with E-state index in [1.807, 2.05) is 31.2 Å². The lowest BCUT2D eigenvalue weighted by Crippen LogP contribution is -2.13. The van der Waals surface area contributed by atoms with E-state index in [-0.39, 0.29) is 24.5 Å². The lowest BCUT2D eigenvalue weighted by molar-refractivity contribution is 0.0468. The number of esters is 1. The number of thiazole rings is 1. The van der Waals surface area contributed by atoms with E-state index in [0.717, 1.165) is 16.1 Å². The molecule has 0 saturated heterocycles. The van der Waals surface area contributed by atoms with Gasteiger partial charge in [-0.2, -0.15) is 0 Å². The van der Waals surface area contributed by atoms with Crippen LogP contribution in [0.4, 0.5) is 10.5 Å². The molecule has 2 heterocycles. The van der Waals surface area contributed by atoms with E-state index in [9.17, 15) is 14.4 Å². The summed E-state index contributed by atoms with van der Waals surface area (Å²) >= 11 is 1.35. The Labute approximate surface area is 192 Å². The molecule has 0 radical (unpaired) electrons. The van der Waals surface area contributed by atoms with E-state index in [0.29, 0.717) is 16.6 Å². The Balaban J connectivity index is 1.49. The number of nitrogens with one attached hydrogen (secondary N) is 1. The van der Waals surface area contributed by atoms with Crippen molar-refractivity contribution < 1.29 is 23.5 Å². The number of anilines is 1. The molecule has 2 aromatic heterocycles.